The van der Waals surface area contributed by atoms with Crippen LogP contribution >= 0.6 is 12.4 Å². The number of hydrogen-bond donors (Lipinski definition) is 1. The van der Waals surface area contributed by atoms with Gasteiger partial charge in [0.2, 0.25) is 0 Å². The maximum atomic E-state index is 11.7. The Balaban J connectivity index is 0.00000256. The second-order valence-corrected chi connectivity index (χ2v) is 8.13. The molecule has 1 aliphatic heterocycles. The van der Waals surface area contributed by atoms with E-state index in [2.05, 4.69) is 11.8 Å². The van der Waals surface area contributed by atoms with Crippen LogP contribution in [0.5, 0.6) is 0 Å². The summed E-state index contributed by atoms with van der Waals surface area (Å²) >= 11 is 0. The highest BCUT2D eigenvalue weighted by Crippen LogP contribution is 2.28. The molecule has 1 fully saturated rings. The summed E-state index contributed by atoms with van der Waals surface area (Å²) in [5, 5.41) is -0.268. The van der Waals surface area contributed by atoms with Crippen LogP contribution in [0.25, 0.3) is 0 Å². The van der Waals surface area contributed by atoms with Crippen molar-refractivity contribution < 1.29 is 8.42 Å². The molecule has 0 aromatic heterocycles. The zero-order valence-electron chi connectivity index (χ0n) is 11.0. The fourth-order valence-corrected chi connectivity index (χ4v) is 2.96. The molecule has 2 N–H and O–H groups in total. The molecule has 0 saturated carbocycles. The molecule has 6 heteroatoms. The Hall–Kier alpha value is 0.160. The Morgan fingerprint density at radius 1 is 1.41 bits per heavy atom. The minimum absolute atomic E-state index is 0. The summed E-state index contributed by atoms with van der Waals surface area (Å²) < 4.78 is 23.3. The van der Waals surface area contributed by atoms with Crippen LogP contribution in [0.15, 0.2) is 0 Å². The second kappa shape index (κ2) is 6.36. The molecule has 1 unspecified atom stereocenters. The van der Waals surface area contributed by atoms with E-state index in [0.29, 0.717) is 13.1 Å². The van der Waals surface area contributed by atoms with E-state index in [1.165, 1.54) is 0 Å². The van der Waals surface area contributed by atoms with Crippen LogP contribution in [-0.4, -0.2) is 50.5 Å². The standard InChI is InChI=1S/C11H24N2O2S.ClH/c1-10(2)16(14,15)7-6-13-5-4-11(3,8-12)9-13;/h10H,4-9,12H2,1-3H3;1H. The third-order valence-electron chi connectivity index (χ3n) is 3.54. The van der Waals surface area contributed by atoms with Gasteiger partial charge < -0.3 is 10.6 Å². The number of sulfone groups is 1. The number of halogens is 1. The smallest absolute Gasteiger partial charge is 0.153 e. The van der Waals surface area contributed by atoms with Crippen molar-refractivity contribution in [2.75, 3.05) is 31.9 Å². The van der Waals surface area contributed by atoms with Crippen molar-refractivity contribution in [1.82, 2.24) is 4.90 Å². The van der Waals surface area contributed by atoms with Gasteiger partial charge in [-0.3, -0.25) is 0 Å². The third-order valence-corrected chi connectivity index (χ3v) is 5.73. The molecule has 0 spiro atoms. The summed E-state index contributed by atoms with van der Waals surface area (Å²) in [7, 11) is -2.90. The topological polar surface area (TPSA) is 63.4 Å². The average molecular weight is 285 g/mol. The van der Waals surface area contributed by atoms with Gasteiger partial charge in [0.05, 0.1) is 11.0 Å². The van der Waals surface area contributed by atoms with Crippen molar-refractivity contribution >= 4 is 22.2 Å². The van der Waals surface area contributed by atoms with E-state index in [1.54, 1.807) is 13.8 Å². The minimum Gasteiger partial charge on any atom is -0.330 e. The number of likely N-dealkylation sites (tertiary alicyclic amines) is 1. The molecular formula is C11H25ClN2O2S. The van der Waals surface area contributed by atoms with Crippen molar-refractivity contribution in [2.45, 2.75) is 32.4 Å². The SMILES string of the molecule is CC(C)S(=O)(=O)CCN1CCC(C)(CN)C1.Cl. The lowest BCUT2D eigenvalue weighted by Crippen LogP contribution is -2.34. The maximum Gasteiger partial charge on any atom is 0.153 e. The van der Waals surface area contributed by atoms with Gasteiger partial charge in [-0.05, 0) is 38.8 Å². The van der Waals surface area contributed by atoms with Crippen LogP contribution < -0.4 is 5.73 Å². The molecule has 0 aromatic rings. The molecule has 1 rings (SSSR count). The molecule has 4 nitrogen and oxygen atoms in total. The van der Waals surface area contributed by atoms with Gasteiger partial charge in [0.25, 0.3) is 0 Å². The normalized spacial score (nSPS) is 26.2. The Bertz CT molecular complexity index is 332. The fourth-order valence-electron chi connectivity index (χ4n) is 1.98. The summed E-state index contributed by atoms with van der Waals surface area (Å²) in [6.45, 7) is 8.88. The van der Waals surface area contributed by atoms with Crippen LogP contribution in [0, 0.1) is 5.41 Å². The van der Waals surface area contributed by atoms with E-state index in [9.17, 15) is 8.42 Å². The number of rotatable bonds is 5. The summed E-state index contributed by atoms with van der Waals surface area (Å²) in [5.74, 6) is 0.269. The van der Waals surface area contributed by atoms with Crippen LogP contribution in [0.1, 0.15) is 27.2 Å². The van der Waals surface area contributed by atoms with Crippen molar-refractivity contribution in [3.05, 3.63) is 0 Å². The first kappa shape index (κ1) is 17.2. The molecule has 0 amide bonds. The van der Waals surface area contributed by atoms with E-state index in [1.807, 2.05) is 0 Å². The van der Waals surface area contributed by atoms with Crippen LogP contribution in [0.4, 0.5) is 0 Å². The van der Waals surface area contributed by atoms with E-state index in [-0.39, 0.29) is 28.8 Å². The predicted octanol–water partition coefficient (Wildman–Crippen LogP) is 0.902. The van der Waals surface area contributed by atoms with E-state index in [0.717, 1.165) is 19.5 Å². The molecular weight excluding hydrogens is 260 g/mol. The zero-order valence-corrected chi connectivity index (χ0v) is 12.6. The van der Waals surface area contributed by atoms with Crippen molar-refractivity contribution in [3.8, 4) is 0 Å². The van der Waals surface area contributed by atoms with Gasteiger partial charge in [-0.1, -0.05) is 6.92 Å². The molecule has 104 valence electrons. The summed E-state index contributed by atoms with van der Waals surface area (Å²) in [4.78, 5) is 2.22. The Morgan fingerprint density at radius 3 is 2.41 bits per heavy atom. The molecule has 1 saturated heterocycles. The van der Waals surface area contributed by atoms with Crippen molar-refractivity contribution in [2.24, 2.45) is 11.1 Å². The molecule has 0 aliphatic carbocycles. The zero-order chi connectivity index (χ0) is 12.4. The Kier molecular flexibility index (Phi) is 6.42. The second-order valence-electron chi connectivity index (χ2n) is 5.46. The number of nitrogens with zero attached hydrogens (tertiary/aromatic N) is 1. The quantitative estimate of drug-likeness (QED) is 0.815. The highest BCUT2D eigenvalue weighted by molar-refractivity contribution is 7.92. The molecule has 1 aliphatic rings. The highest BCUT2D eigenvalue weighted by atomic mass is 35.5. The minimum atomic E-state index is -2.90. The lowest BCUT2D eigenvalue weighted by Gasteiger charge is -2.22. The molecule has 0 bridgehead atoms. The lowest BCUT2D eigenvalue weighted by molar-refractivity contribution is 0.291. The predicted molar refractivity (Wildman–Crippen MR) is 74.4 cm³/mol. The molecule has 0 radical (unpaired) electrons. The van der Waals surface area contributed by atoms with E-state index < -0.39 is 9.84 Å². The van der Waals surface area contributed by atoms with Crippen LogP contribution in [0.2, 0.25) is 0 Å². The molecule has 0 aromatic carbocycles. The first-order chi connectivity index (χ1) is 7.29. The maximum absolute atomic E-state index is 11.7. The van der Waals surface area contributed by atoms with Gasteiger partial charge in [0.15, 0.2) is 9.84 Å². The van der Waals surface area contributed by atoms with Gasteiger partial charge in [0, 0.05) is 13.1 Å². The van der Waals surface area contributed by atoms with Gasteiger partial charge in [-0.2, -0.15) is 0 Å². The largest absolute Gasteiger partial charge is 0.330 e. The third kappa shape index (κ3) is 4.73. The molecule has 17 heavy (non-hydrogen) atoms. The van der Waals surface area contributed by atoms with E-state index in [4.69, 9.17) is 5.73 Å². The van der Waals surface area contributed by atoms with Gasteiger partial charge in [0.1, 0.15) is 0 Å². The van der Waals surface area contributed by atoms with Crippen LogP contribution in [0.3, 0.4) is 0 Å². The average Bonchev–Trinajstić information content (AvgIpc) is 2.58. The number of hydrogen-bond acceptors (Lipinski definition) is 4. The van der Waals surface area contributed by atoms with Gasteiger partial charge in [-0.15, -0.1) is 12.4 Å². The van der Waals surface area contributed by atoms with Gasteiger partial charge in [-0.25, -0.2) is 8.42 Å². The first-order valence-electron chi connectivity index (χ1n) is 5.93. The summed E-state index contributed by atoms with van der Waals surface area (Å²) in [6, 6.07) is 0. The molecule has 1 heterocycles. The van der Waals surface area contributed by atoms with E-state index >= 15 is 0 Å². The first-order valence-corrected chi connectivity index (χ1v) is 7.65. The van der Waals surface area contributed by atoms with Crippen molar-refractivity contribution in [1.29, 1.82) is 0 Å². The lowest BCUT2D eigenvalue weighted by atomic mass is 9.90. The monoisotopic (exact) mass is 284 g/mol. The summed E-state index contributed by atoms with van der Waals surface area (Å²) in [6.07, 6.45) is 1.07. The highest BCUT2D eigenvalue weighted by Gasteiger charge is 2.32. The number of nitrogens with two attached hydrogens (primary N) is 1. The van der Waals surface area contributed by atoms with Crippen molar-refractivity contribution in [3.63, 3.8) is 0 Å². The Labute approximate surface area is 111 Å². The molecule has 1 atom stereocenters. The fraction of sp³-hybridized carbons (Fsp3) is 1.00. The van der Waals surface area contributed by atoms with Crippen LogP contribution in [-0.2, 0) is 9.84 Å². The summed E-state index contributed by atoms with van der Waals surface area (Å²) in [5.41, 5.74) is 5.90. The Morgan fingerprint density at radius 2 is 2.00 bits per heavy atom. The van der Waals surface area contributed by atoms with Gasteiger partial charge >= 0.3 is 0 Å².